The molecule has 0 aliphatic carbocycles. The minimum absolute atomic E-state index is 0.107. The van der Waals surface area contributed by atoms with Gasteiger partial charge >= 0.3 is 5.97 Å². The Morgan fingerprint density at radius 1 is 1.30 bits per heavy atom. The first-order valence-corrected chi connectivity index (χ1v) is 7.44. The van der Waals surface area contributed by atoms with Crippen molar-refractivity contribution in [3.63, 3.8) is 0 Å². The molecule has 1 unspecified atom stereocenters. The normalized spacial score (nSPS) is 13.8. The van der Waals surface area contributed by atoms with Crippen LogP contribution in [0, 0.1) is 11.3 Å². The Kier molecular flexibility index (Phi) is 6.56. The molecule has 0 bridgehead atoms. The van der Waals surface area contributed by atoms with E-state index in [1.807, 2.05) is 44.2 Å². The van der Waals surface area contributed by atoms with Crippen molar-refractivity contribution in [3.05, 3.63) is 30.3 Å². The Balaban J connectivity index is 2.68. The zero-order valence-electron chi connectivity index (χ0n) is 13.1. The van der Waals surface area contributed by atoms with E-state index in [4.69, 9.17) is 4.74 Å². The van der Waals surface area contributed by atoms with E-state index in [9.17, 15) is 4.79 Å². The third-order valence-electron chi connectivity index (χ3n) is 3.50. The smallest absolute Gasteiger partial charge is 0.313 e. The number of carbonyl (C=O) groups is 1. The van der Waals surface area contributed by atoms with Gasteiger partial charge < -0.3 is 10.1 Å². The minimum atomic E-state index is -0.476. The molecule has 0 aliphatic heterocycles. The maximum Gasteiger partial charge on any atom is 0.313 e. The minimum Gasteiger partial charge on any atom is -0.466 e. The lowest BCUT2D eigenvalue weighted by Gasteiger charge is -2.28. The molecular weight excluding hydrogens is 250 g/mol. The molecule has 1 N–H and O–H groups in total. The first kappa shape index (κ1) is 16.5. The Bertz CT molecular complexity index is 403. The van der Waals surface area contributed by atoms with E-state index >= 15 is 0 Å². The molecule has 112 valence electrons. The van der Waals surface area contributed by atoms with Gasteiger partial charge in [-0.15, -0.1) is 0 Å². The van der Waals surface area contributed by atoms with Gasteiger partial charge in [0, 0.05) is 12.2 Å². The summed E-state index contributed by atoms with van der Waals surface area (Å²) >= 11 is 0. The molecule has 3 heteroatoms. The second-order valence-corrected chi connectivity index (χ2v) is 5.93. The van der Waals surface area contributed by atoms with Gasteiger partial charge in [0.1, 0.15) is 0 Å². The molecule has 0 radical (unpaired) electrons. The molecule has 0 aliphatic rings. The van der Waals surface area contributed by atoms with E-state index in [1.54, 1.807) is 0 Å². The number of nitrogens with one attached hydrogen (secondary N) is 1. The van der Waals surface area contributed by atoms with E-state index in [0.717, 1.165) is 18.5 Å². The molecule has 1 rings (SSSR count). The summed E-state index contributed by atoms with van der Waals surface area (Å²) in [7, 11) is 0. The van der Waals surface area contributed by atoms with Crippen LogP contribution < -0.4 is 5.32 Å². The Morgan fingerprint density at radius 3 is 2.50 bits per heavy atom. The molecule has 0 saturated carbocycles. The summed E-state index contributed by atoms with van der Waals surface area (Å²) in [5, 5.41) is 3.35. The average Bonchev–Trinajstić information content (AvgIpc) is 2.44. The molecule has 0 aromatic heterocycles. The van der Waals surface area contributed by atoms with Gasteiger partial charge in [-0.25, -0.2) is 0 Å². The van der Waals surface area contributed by atoms with Crippen LogP contribution in [0.3, 0.4) is 0 Å². The number of hydrogen-bond acceptors (Lipinski definition) is 3. The molecule has 1 atom stereocenters. The first-order chi connectivity index (χ1) is 9.48. The summed E-state index contributed by atoms with van der Waals surface area (Å²) < 4.78 is 5.25. The maximum atomic E-state index is 12.2. The molecule has 0 heterocycles. The molecule has 0 fully saturated rings. The number of anilines is 1. The van der Waals surface area contributed by atoms with E-state index < -0.39 is 5.41 Å². The van der Waals surface area contributed by atoms with Crippen LogP contribution in [0.15, 0.2) is 30.3 Å². The van der Waals surface area contributed by atoms with Crippen LogP contribution in [0.2, 0.25) is 0 Å². The molecule has 20 heavy (non-hydrogen) atoms. The maximum absolute atomic E-state index is 12.2. The van der Waals surface area contributed by atoms with Crippen molar-refractivity contribution in [2.24, 2.45) is 11.3 Å². The zero-order chi connectivity index (χ0) is 15.0. The topological polar surface area (TPSA) is 38.3 Å². The highest BCUT2D eigenvalue weighted by Crippen LogP contribution is 2.28. The van der Waals surface area contributed by atoms with Crippen LogP contribution in [0.1, 0.15) is 40.5 Å². The van der Waals surface area contributed by atoms with Crippen LogP contribution in [0.5, 0.6) is 0 Å². The molecular formula is C17H27NO2. The lowest BCUT2D eigenvalue weighted by Crippen LogP contribution is -2.37. The molecule has 0 amide bonds. The summed E-state index contributed by atoms with van der Waals surface area (Å²) in [6.07, 6.45) is 1.86. The summed E-state index contributed by atoms with van der Waals surface area (Å²) in [4.78, 5) is 12.2. The second kappa shape index (κ2) is 7.93. The quantitative estimate of drug-likeness (QED) is 0.727. The third kappa shape index (κ3) is 5.24. The van der Waals surface area contributed by atoms with E-state index in [-0.39, 0.29) is 5.97 Å². The van der Waals surface area contributed by atoms with E-state index in [2.05, 4.69) is 19.2 Å². The number of para-hydroxylation sites is 1. The highest BCUT2D eigenvalue weighted by molar-refractivity contribution is 5.77. The van der Waals surface area contributed by atoms with Crippen LogP contribution in [-0.2, 0) is 9.53 Å². The summed E-state index contributed by atoms with van der Waals surface area (Å²) in [6.45, 7) is 9.23. The third-order valence-corrected chi connectivity index (χ3v) is 3.50. The predicted molar refractivity (Wildman–Crippen MR) is 83.7 cm³/mol. The molecule has 1 aromatic rings. The number of hydrogen-bond donors (Lipinski definition) is 1. The second-order valence-electron chi connectivity index (χ2n) is 5.93. The highest BCUT2D eigenvalue weighted by Gasteiger charge is 2.34. The van der Waals surface area contributed by atoms with Crippen molar-refractivity contribution >= 4 is 11.7 Å². The van der Waals surface area contributed by atoms with Gasteiger partial charge in [-0.05, 0) is 44.7 Å². The Labute approximate surface area is 122 Å². The summed E-state index contributed by atoms with van der Waals surface area (Å²) in [5.74, 6) is 0.476. The molecule has 0 spiro atoms. The number of ether oxygens (including phenoxy) is 1. The monoisotopic (exact) mass is 277 g/mol. The summed E-state index contributed by atoms with van der Waals surface area (Å²) in [5.41, 5.74) is 0.559. The van der Waals surface area contributed by atoms with Crippen molar-refractivity contribution in [1.82, 2.24) is 0 Å². The van der Waals surface area contributed by atoms with Gasteiger partial charge in [-0.3, -0.25) is 4.79 Å². The van der Waals surface area contributed by atoms with E-state index in [0.29, 0.717) is 19.1 Å². The SMILES string of the molecule is CCOC(=O)C(C)(CCC(C)C)CNc1ccccc1. The summed E-state index contributed by atoms with van der Waals surface area (Å²) in [6, 6.07) is 9.97. The standard InChI is InChI=1S/C17H27NO2/c1-5-20-16(19)17(4,12-11-14(2)3)13-18-15-9-7-6-8-10-15/h6-10,14,18H,5,11-13H2,1-4H3. The van der Waals surface area contributed by atoms with Crippen LogP contribution in [-0.4, -0.2) is 19.1 Å². The number of carbonyl (C=O) groups excluding carboxylic acids is 1. The van der Waals surface area contributed by atoms with Gasteiger partial charge in [0.05, 0.1) is 12.0 Å². The average molecular weight is 277 g/mol. The van der Waals surface area contributed by atoms with E-state index in [1.165, 1.54) is 0 Å². The lowest BCUT2D eigenvalue weighted by atomic mass is 9.83. The fourth-order valence-corrected chi connectivity index (χ4v) is 2.03. The fraction of sp³-hybridized carbons (Fsp3) is 0.588. The van der Waals surface area contributed by atoms with Crippen molar-refractivity contribution in [2.45, 2.75) is 40.5 Å². The predicted octanol–water partition coefficient (Wildman–Crippen LogP) is 4.10. The van der Waals surface area contributed by atoms with Crippen molar-refractivity contribution in [1.29, 1.82) is 0 Å². The highest BCUT2D eigenvalue weighted by atomic mass is 16.5. The molecule has 3 nitrogen and oxygen atoms in total. The van der Waals surface area contributed by atoms with Gasteiger partial charge in [0.15, 0.2) is 0 Å². The van der Waals surface area contributed by atoms with Gasteiger partial charge in [0.2, 0.25) is 0 Å². The van der Waals surface area contributed by atoms with Crippen LogP contribution in [0.4, 0.5) is 5.69 Å². The van der Waals surface area contributed by atoms with Crippen LogP contribution in [0.25, 0.3) is 0 Å². The fourth-order valence-electron chi connectivity index (χ4n) is 2.03. The van der Waals surface area contributed by atoms with Crippen molar-refractivity contribution in [3.8, 4) is 0 Å². The Morgan fingerprint density at radius 2 is 1.95 bits per heavy atom. The van der Waals surface area contributed by atoms with Gasteiger partial charge in [-0.1, -0.05) is 32.0 Å². The first-order valence-electron chi connectivity index (χ1n) is 7.44. The Hall–Kier alpha value is -1.51. The van der Waals surface area contributed by atoms with Gasteiger partial charge in [0.25, 0.3) is 0 Å². The zero-order valence-corrected chi connectivity index (χ0v) is 13.1. The van der Waals surface area contributed by atoms with Crippen LogP contribution >= 0.6 is 0 Å². The molecule has 0 saturated heterocycles. The number of rotatable bonds is 8. The lowest BCUT2D eigenvalue weighted by molar-refractivity contribution is -0.154. The van der Waals surface area contributed by atoms with Crippen molar-refractivity contribution < 1.29 is 9.53 Å². The largest absolute Gasteiger partial charge is 0.466 e. The van der Waals surface area contributed by atoms with Gasteiger partial charge in [-0.2, -0.15) is 0 Å². The number of esters is 1. The van der Waals surface area contributed by atoms with Crippen molar-refractivity contribution in [2.75, 3.05) is 18.5 Å². The molecule has 1 aromatic carbocycles. The number of benzene rings is 1.